The number of rotatable bonds is 5. The Kier molecular flexibility index (Phi) is 6.38. The first-order valence-electron chi connectivity index (χ1n) is 5.61. The monoisotopic (exact) mass is 302 g/mol. The van der Waals surface area contributed by atoms with Crippen molar-refractivity contribution in [3.8, 4) is 11.8 Å². The summed E-state index contributed by atoms with van der Waals surface area (Å²) in [6, 6.07) is 7.81. The first-order chi connectivity index (χ1) is 10.1. The lowest BCUT2D eigenvalue weighted by molar-refractivity contribution is 0.598. The van der Waals surface area contributed by atoms with E-state index in [0.29, 0.717) is 0 Å². The molecule has 0 saturated carbocycles. The summed E-state index contributed by atoms with van der Waals surface area (Å²) in [7, 11) is -3.61. The maximum Gasteiger partial charge on any atom is 0.182 e. The van der Waals surface area contributed by atoms with Crippen molar-refractivity contribution in [1.82, 2.24) is 0 Å². The van der Waals surface area contributed by atoms with Crippen molar-refractivity contribution in [1.29, 1.82) is 0 Å². The smallest absolute Gasteiger partial charge is 0.182 e. The molecule has 0 aliphatic carbocycles. The first kappa shape index (κ1) is 16.1. The number of sulfone groups is 1. The standard InChI is InChI=1S/C12H10N6O2S/c13-17-15-9-5-4-6-11(16-18-14)10-21(19,20)12-7-2-1-3-8-12/h1-3,6-8H,9-10H2/b11-6-. The molecular weight excluding hydrogens is 292 g/mol. The molecule has 1 rings (SSSR count). The molecule has 0 aromatic heterocycles. The van der Waals surface area contributed by atoms with Crippen LogP contribution in [-0.2, 0) is 9.84 Å². The highest BCUT2D eigenvalue weighted by atomic mass is 32.2. The van der Waals surface area contributed by atoms with Gasteiger partial charge in [-0.05, 0) is 29.3 Å². The molecule has 0 spiro atoms. The molecule has 106 valence electrons. The Bertz CT molecular complexity index is 776. The van der Waals surface area contributed by atoms with Crippen LogP contribution in [0.5, 0.6) is 0 Å². The van der Waals surface area contributed by atoms with E-state index < -0.39 is 15.6 Å². The average Bonchev–Trinajstić information content (AvgIpc) is 2.48. The molecule has 1 aromatic carbocycles. The maximum absolute atomic E-state index is 12.1. The Balaban J connectivity index is 2.97. The molecule has 0 aliphatic rings. The maximum atomic E-state index is 12.1. The van der Waals surface area contributed by atoms with Gasteiger partial charge in [0.15, 0.2) is 9.84 Å². The minimum absolute atomic E-state index is 0.0326. The van der Waals surface area contributed by atoms with Crippen molar-refractivity contribution in [2.24, 2.45) is 10.2 Å². The number of benzene rings is 1. The van der Waals surface area contributed by atoms with Crippen LogP contribution in [0.4, 0.5) is 0 Å². The van der Waals surface area contributed by atoms with Gasteiger partial charge >= 0.3 is 0 Å². The Labute approximate surface area is 121 Å². The van der Waals surface area contributed by atoms with E-state index in [1.54, 1.807) is 18.2 Å². The second kappa shape index (κ2) is 8.30. The zero-order valence-corrected chi connectivity index (χ0v) is 11.6. The lowest BCUT2D eigenvalue weighted by Crippen LogP contribution is -2.07. The minimum atomic E-state index is -3.61. The van der Waals surface area contributed by atoms with Crippen LogP contribution in [0.25, 0.3) is 20.9 Å². The van der Waals surface area contributed by atoms with Crippen LogP contribution in [0.1, 0.15) is 0 Å². The molecule has 0 heterocycles. The molecule has 21 heavy (non-hydrogen) atoms. The second-order valence-electron chi connectivity index (χ2n) is 3.61. The van der Waals surface area contributed by atoms with E-state index in [4.69, 9.17) is 11.1 Å². The SMILES string of the molecule is [N-]=[N+]=NCC#C/C=C(/CS(=O)(=O)c1ccccc1)N=[N+]=[N-]. The summed E-state index contributed by atoms with van der Waals surface area (Å²) in [6.45, 7) is -0.0536. The van der Waals surface area contributed by atoms with Gasteiger partial charge in [-0.15, -0.1) is 0 Å². The van der Waals surface area contributed by atoms with Crippen LogP contribution in [0.15, 0.2) is 57.2 Å². The molecule has 0 unspecified atom stereocenters. The van der Waals surface area contributed by atoms with Crippen LogP contribution < -0.4 is 0 Å². The molecule has 0 aliphatic heterocycles. The zero-order chi connectivity index (χ0) is 15.6. The molecule has 9 heteroatoms. The van der Waals surface area contributed by atoms with Gasteiger partial charge in [0, 0.05) is 15.5 Å². The lowest BCUT2D eigenvalue weighted by atomic mass is 10.4. The second-order valence-corrected chi connectivity index (χ2v) is 5.60. The van der Waals surface area contributed by atoms with Crippen molar-refractivity contribution < 1.29 is 8.42 Å². The molecule has 0 fully saturated rings. The number of allylic oxidation sites excluding steroid dienone is 1. The number of hydrogen-bond acceptors (Lipinski definition) is 4. The zero-order valence-electron chi connectivity index (χ0n) is 10.8. The van der Waals surface area contributed by atoms with Gasteiger partial charge < -0.3 is 0 Å². The molecule has 0 atom stereocenters. The average molecular weight is 302 g/mol. The normalized spacial score (nSPS) is 10.6. The summed E-state index contributed by atoms with van der Waals surface area (Å²) in [5.41, 5.74) is 16.5. The van der Waals surface area contributed by atoms with Crippen LogP contribution in [0.3, 0.4) is 0 Å². The van der Waals surface area contributed by atoms with Gasteiger partial charge in [-0.2, -0.15) is 0 Å². The minimum Gasteiger partial charge on any atom is -0.223 e. The van der Waals surface area contributed by atoms with Gasteiger partial charge in [-0.25, -0.2) is 8.42 Å². The Hall–Kier alpha value is -2.91. The fraction of sp³-hybridized carbons (Fsp3) is 0.167. The van der Waals surface area contributed by atoms with Crippen LogP contribution in [-0.4, -0.2) is 20.7 Å². The fourth-order valence-electron chi connectivity index (χ4n) is 1.31. The summed E-state index contributed by atoms with van der Waals surface area (Å²) in [4.78, 5) is 5.21. The van der Waals surface area contributed by atoms with E-state index in [2.05, 4.69) is 31.9 Å². The number of azide groups is 2. The molecule has 0 N–H and O–H groups in total. The number of hydrogen-bond donors (Lipinski definition) is 0. The first-order valence-corrected chi connectivity index (χ1v) is 7.26. The summed E-state index contributed by atoms with van der Waals surface area (Å²) >= 11 is 0. The largest absolute Gasteiger partial charge is 0.223 e. The van der Waals surface area contributed by atoms with E-state index >= 15 is 0 Å². The van der Waals surface area contributed by atoms with Crippen LogP contribution in [0.2, 0.25) is 0 Å². The highest BCUT2D eigenvalue weighted by Gasteiger charge is 2.15. The molecular formula is C12H10N6O2S. The van der Waals surface area contributed by atoms with E-state index in [9.17, 15) is 8.42 Å². The third-order valence-electron chi connectivity index (χ3n) is 2.17. The number of nitrogens with zero attached hydrogens (tertiary/aromatic N) is 6. The van der Waals surface area contributed by atoms with Crippen molar-refractivity contribution in [2.75, 3.05) is 12.3 Å². The van der Waals surface area contributed by atoms with Gasteiger partial charge in [0.05, 0.1) is 17.2 Å². The molecule has 0 amide bonds. The summed E-state index contributed by atoms with van der Waals surface area (Å²) in [5.74, 6) is 4.49. The summed E-state index contributed by atoms with van der Waals surface area (Å²) < 4.78 is 24.2. The summed E-state index contributed by atoms with van der Waals surface area (Å²) in [6.07, 6.45) is 1.19. The molecule has 1 aromatic rings. The fourth-order valence-corrected chi connectivity index (χ4v) is 2.58. The van der Waals surface area contributed by atoms with Crippen LogP contribution >= 0.6 is 0 Å². The predicted molar refractivity (Wildman–Crippen MR) is 77.5 cm³/mol. The topological polar surface area (TPSA) is 132 Å². The van der Waals surface area contributed by atoms with Crippen molar-refractivity contribution >= 4 is 9.84 Å². The van der Waals surface area contributed by atoms with Crippen molar-refractivity contribution in [2.45, 2.75) is 4.90 Å². The van der Waals surface area contributed by atoms with E-state index in [1.165, 1.54) is 18.2 Å². The van der Waals surface area contributed by atoms with Crippen LogP contribution in [0, 0.1) is 11.8 Å². The van der Waals surface area contributed by atoms with Crippen molar-refractivity contribution in [3.63, 3.8) is 0 Å². The highest BCUT2D eigenvalue weighted by molar-refractivity contribution is 7.91. The van der Waals surface area contributed by atoms with Gasteiger partial charge in [0.2, 0.25) is 0 Å². The Morgan fingerprint density at radius 2 is 1.95 bits per heavy atom. The van der Waals surface area contributed by atoms with E-state index in [0.717, 1.165) is 0 Å². The third-order valence-corrected chi connectivity index (χ3v) is 3.83. The van der Waals surface area contributed by atoms with Gasteiger partial charge in [0.1, 0.15) is 0 Å². The lowest BCUT2D eigenvalue weighted by Gasteiger charge is -2.03. The van der Waals surface area contributed by atoms with E-state index in [-0.39, 0.29) is 17.1 Å². The van der Waals surface area contributed by atoms with Gasteiger partial charge in [-0.3, -0.25) is 0 Å². The summed E-state index contributed by atoms with van der Waals surface area (Å²) in [5, 5.41) is 6.50. The predicted octanol–water partition coefficient (Wildman–Crippen LogP) is 2.97. The van der Waals surface area contributed by atoms with Gasteiger partial charge in [0.25, 0.3) is 0 Å². The van der Waals surface area contributed by atoms with E-state index in [1.807, 2.05) is 0 Å². The molecule has 0 saturated heterocycles. The van der Waals surface area contributed by atoms with Crippen molar-refractivity contribution in [3.05, 3.63) is 63.0 Å². The third kappa shape index (κ3) is 5.72. The molecule has 8 nitrogen and oxygen atoms in total. The highest BCUT2D eigenvalue weighted by Crippen LogP contribution is 2.14. The Morgan fingerprint density at radius 1 is 1.24 bits per heavy atom. The molecule has 0 radical (unpaired) electrons. The quantitative estimate of drug-likeness (QED) is 0.358. The Morgan fingerprint density at radius 3 is 2.57 bits per heavy atom. The van der Waals surface area contributed by atoms with Gasteiger partial charge in [-0.1, -0.05) is 40.3 Å². The molecule has 0 bridgehead atoms.